The van der Waals surface area contributed by atoms with Crippen molar-refractivity contribution in [2.24, 2.45) is 12.8 Å². The second-order valence-corrected chi connectivity index (χ2v) is 6.36. The normalized spacial score (nSPS) is 11.8. The van der Waals surface area contributed by atoms with Crippen LogP contribution in [0.5, 0.6) is 0 Å². The number of nitrogens with one attached hydrogen (secondary N) is 1. The standard InChI is InChI=1S/C13H18N4O2S/c1-10-12(9-17(2)16-10)8-15-20(18,19)13-5-3-4-11(6-13)7-14/h3-6,9,15H,7-8,14H2,1-2H3. The van der Waals surface area contributed by atoms with Gasteiger partial charge in [0, 0.05) is 31.9 Å². The van der Waals surface area contributed by atoms with Gasteiger partial charge in [-0.3, -0.25) is 4.68 Å². The van der Waals surface area contributed by atoms with Crippen LogP contribution in [0.15, 0.2) is 35.4 Å². The van der Waals surface area contributed by atoms with Crippen molar-refractivity contribution in [2.45, 2.75) is 24.9 Å². The second-order valence-electron chi connectivity index (χ2n) is 4.59. The molecule has 2 aromatic rings. The molecule has 0 saturated carbocycles. The number of aromatic nitrogens is 2. The van der Waals surface area contributed by atoms with E-state index in [4.69, 9.17) is 5.73 Å². The van der Waals surface area contributed by atoms with Crippen molar-refractivity contribution < 1.29 is 8.42 Å². The number of hydrogen-bond donors (Lipinski definition) is 2. The van der Waals surface area contributed by atoms with Gasteiger partial charge in [0.1, 0.15) is 0 Å². The maximum atomic E-state index is 12.2. The van der Waals surface area contributed by atoms with Crippen molar-refractivity contribution in [2.75, 3.05) is 0 Å². The Morgan fingerprint density at radius 1 is 1.40 bits per heavy atom. The van der Waals surface area contributed by atoms with E-state index in [1.54, 1.807) is 42.2 Å². The third-order valence-electron chi connectivity index (χ3n) is 3.01. The average molecular weight is 294 g/mol. The molecule has 108 valence electrons. The van der Waals surface area contributed by atoms with Gasteiger partial charge in [-0.05, 0) is 24.6 Å². The highest BCUT2D eigenvalue weighted by Crippen LogP contribution is 2.12. The molecule has 1 aromatic carbocycles. The molecule has 0 aliphatic heterocycles. The molecule has 3 N–H and O–H groups in total. The Hall–Kier alpha value is -1.70. The third-order valence-corrected chi connectivity index (χ3v) is 4.41. The minimum Gasteiger partial charge on any atom is -0.326 e. The zero-order chi connectivity index (χ0) is 14.8. The first-order valence-electron chi connectivity index (χ1n) is 6.20. The van der Waals surface area contributed by atoms with Crippen LogP contribution in [0.2, 0.25) is 0 Å². The van der Waals surface area contributed by atoms with Gasteiger partial charge in [0.2, 0.25) is 10.0 Å². The van der Waals surface area contributed by atoms with Crippen molar-refractivity contribution >= 4 is 10.0 Å². The first-order valence-corrected chi connectivity index (χ1v) is 7.68. The molecule has 20 heavy (non-hydrogen) atoms. The third kappa shape index (κ3) is 3.24. The number of nitrogens with two attached hydrogens (primary N) is 1. The number of hydrogen-bond acceptors (Lipinski definition) is 4. The lowest BCUT2D eigenvalue weighted by molar-refractivity contribution is 0.581. The van der Waals surface area contributed by atoms with E-state index in [-0.39, 0.29) is 11.4 Å². The largest absolute Gasteiger partial charge is 0.326 e. The van der Waals surface area contributed by atoms with E-state index in [9.17, 15) is 8.42 Å². The minimum absolute atomic E-state index is 0.217. The van der Waals surface area contributed by atoms with Crippen LogP contribution in [0.3, 0.4) is 0 Å². The van der Waals surface area contributed by atoms with E-state index >= 15 is 0 Å². The summed E-state index contributed by atoms with van der Waals surface area (Å²) < 4.78 is 28.7. The first kappa shape index (κ1) is 14.7. The molecular weight excluding hydrogens is 276 g/mol. The van der Waals surface area contributed by atoms with Crippen molar-refractivity contribution in [3.8, 4) is 0 Å². The van der Waals surface area contributed by atoms with Gasteiger partial charge in [-0.2, -0.15) is 5.10 Å². The lowest BCUT2D eigenvalue weighted by atomic mass is 10.2. The molecule has 6 nitrogen and oxygen atoms in total. The second kappa shape index (κ2) is 5.74. The number of benzene rings is 1. The van der Waals surface area contributed by atoms with Crippen LogP contribution in [0.25, 0.3) is 0 Å². The van der Waals surface area contributed by atoms with Crippen LogP contribution >= 0.6 is 0 Å². The van der Waals surface area contributed by atoms with E-state index in [1.807, 2.05) is 6.92 Å². The first-order chi connectivity index (χ1) is 9.42. The van der Waals surface area contributed by atoms with E-state index in [1.165, 1.54) is 0 Å². The molecule has 0 atom stereocenters. The van der Waals surface area contributed by atoms with Crippen molar-refractivity contribution in [3.63, 3.8) is 0 Å². The van der Waals surface area contributed by atoms with E-state index in [0.29, 0.717) is 6.54 Å². The van der Waals surface area contributed by atoms with Crippen LogP contribution in [0.4, 0.5) is 0 Å². The molecular formula is C13H18N4O2S. The topological polar surface area (TPSA) is 90.0 Å². The zero-order valence-corrected chi connectivity index (χ0v) is 12.3. The minimum atomic E-state index is -3.54. The predicted octanol–water partition coefficient (Wildman–Crippen LogP) is 0.666. The van der Waals surface area contributed by atoms with Crippen LogP contribution in [0.1, 0.15) is 16.8 Å². The van der Waals surface area contributed by atoms with Gasteiger partial charge >= 0.3 is 0 Å². The number of sulfonamides is 1. The summed E-state index contributed by atoms with van der Waals surface area (Å²) in [6, 6.07) is 6.62. The van der Waals surface area contributed by atoms with Crippen LogP contribution in [-0.2, 0) is 30.2 Å². The van der Waals surface area contributed by atoms with Gasteiger partial charge < -0.3 is 5.73 Å². The Kier molecular flexibility index (Phi) is 4.22. The summed E-state index contributed by atoms with van der Waals surface area (Å²) in [5, 5.41) is 4.18. The van der Waals surface area contributed by atoms with E-state index < -0.39 is 10.0 Å². The maximum Gasteiger partial charge on any atom is 0.240 e. The highest BCUT2D eigenvalue weighted by atomic mass is 32.2. The lowest BCUT2D eigenvalue weighted by Crippen LogP contribution is -2.23. The fraction of sp³-hybridized carbons (Fsp3) is 0.308. The summed E-state index contributed by atoms with van der Waals surface area (Å²) in [5.74, 6) is 0. The molecule has 2 rings (SSSR count). The lowest BCUT2D eigenvalue weighted by Gasteiger charge is -2.07. The fourth-order valence-electron chi connectivity index (χ4n) is 1.92. The van der Waals surface area contributed by atoms with Crippen molar-refractivity contribution in [3.05, 3.63) is 47.3 Å². The predicted molar refractivity (Wildman–Crippen MR) is 76.3 cm³/mol. The summed E-state index contributed by atoms with van der Waals surface area (Å²) in [6.45, 7) is 2.37. The zero-order valence-electron chi connectivity index (χ0n) is 11.5. The quantitative estimate of drug-likeness (QED) is 0.848. The number of aryl methyl sites for hydroxylation is 2. The van der Waals surface area contributed by atoms with E-state index in [0.717, 1.165) is 16.8 Å². The highest BCUT2D eigenvalue weighted by molar-refractivity contribution is 7.89. The molecule has 0 bridgehead atoms. The molecule has 0 aliphatic rings. The average Bonchev–Trinajstić information content (AvgIpc) is 2.75. The van der Waals surface area contributed by atoms with Gasteiger partial charge in [-0.15, -0.1) is 0 Å². The number of rotatable bonds is 5. The molecule has 0 unspecified atom stereocenters. The monoisotopic (exact) mass is 294 g/mol. The summed E-state index contributed by atoms with van der Waals surface area (Å²) in [4.78, 5) is 0.224. The molecule has 0 radical (unpaired) electrons. The molecule has 7 heteroatoms. The van der Waals surface area contributed by atoms with Gasteiger partial charge in [0.25, 0.3) is 0 Å². The van der Waals surface area contributed by atoms with Gasteiger partial charge in [0.05, 0.1) is 10.6 Å². The fourth-order valence-corrected chi connectivity index (χ4v) is 2.99. The van der Waals surface area contributed by atoms with Crippen molar-refractivity contribution in [1.29, 1.82) is 0 Å². The smallest absolute Gasteiger partial charge is 0.240 e. The molecule has 0 saturated heterocycles. The Labute approximate surface area is 118 Å². The van der Waals surface area contributed by atoms with Crippen LogP contribution in [-0.4, -0.2) is 18.2 Å². The van der Waals surface area contributed by atoms with Gasteiger partial charge in [-0.25, -0.2) is 13.1 Å². The van der Waals surface area contributed by atoms with Crippen LogP contribution < -0.4 is 10.5 Å². The van der Waals surface area contributed by atoms with Crippen LogP contribution in [0, 0.1) is 6.92 Å². The van der Waals surface area contributed by atoms with Gasteiger partial charge in [-0.1, -0.05) is 12.1 Å². The maximum absolute atomic E-state index is 12.2. The summed E-state index contributed by atoms with van der Waals surface area (Å²) in [6.07, 6.45) is 1.80. The Balaban J connectivity index is 2.17. The highest BCUT2D eigenvalue weighted by Gasteiger charge is 2.15. The molecule has 0 aliphatic carbocycles. The SMILES string of the molecule is Cc1nn(C)cc1CNS(=O)(=O)c1cccc(CN)c1. The summed E-state index contributed by atoms with van der Waals surface area (Å²) in [5.41, 5.74) is 7.97. The molecule has 0 fully saturated rings. The van der Waals surface area contributed by atoms with E-state index in [2.05, 4.69) is 9.82 Å². The van der Waals surface area contributed by atoms with Crippen molar-refractivity contribution in [1.82, 2.24) is 14.5 Å². The van der Waals surface area contributed by atoms with Gasteiger partial charge in [0.15, 0.2) is 0 Å². The molecule has 1 heterocycles. The molecule has 0 spiro atoms. The summed E-state index contributed by atoms with van der Waals surface area (Å²) in [7, 11) is -1.74. The summed E-state index contributed by atoms with van der Waals surface area (Å²) >= 11 is 0. The Morgan fingerprint density at radius 2 is 2.15 bits per heavy atom. The Morgan fingerprint density at radius 3 is 2.75 bits per heavy atom. The molecule has 0 amide bonds. The number of nitrogens with zero attached hydrogens (tertiary/aromatic N) is 2. The molecule has 1 aromatic heterocycles. The Bertz CT molecular complexity index is 707.